The minimum Gasteiger partial charge on any atom is -0.389 e. The van der Waals surface area contributed by atoms with Crippen molar-refractivity contribution >= 4 is 0 Å². The Balaban J connectivity index is 2.12. The molecule has 0 radical (unpaired) electrons. The Morgan fingerprint density at radius 2 is 1.32 bits per heavy atom. The zero-order chi connectivity index (χ0) is 18.2. The first-order chi connectivity index (χ1) is 12.0. The van der Waals surface area contributed by atoms with E-state index in [1.165, 1.54) is 24.3 Å². The summed E-state index contributed by atoms with van der Waals surface area (Å²) in [6, 6.07) is 12.0. The molecule has 0 saturated carbocycles. The summed E-state index contributed by atoms with van der Waals surface area (Å²) in [5.74, 6) is -0.661. The average Bonchev–Trinajstić information content (AvgIpc) is 2.62. The van der Waals surface area contributed by atoms with Gasteiger partial charge in [-0.15, -0.1) is 0 Å². The van der Waals surface area contributed by atoms with E-state index in [2.05, 4.69) is 4.90 Å². The van der Waals surface area contributed by atoms with E-state index < -0.39 is 12.2 Å². The van der Waals surface area contributed by atoms with Gasteiger partial charge >= 0.3 is 0 Å². The summed E-state index contributed by atoms with van der Waals surface area (Å²) in [6.45, 7) is 6.44. The number of hydrogen-bond donors (Lipinski definition) is 1. The van der Waals surface area contributed by atoms with Gasteiger partial charge in [0.05, 0.1) is 12.7 Å². The first kappa shape index (κ1) is 19.5. The standard InChI is InChI=1S/C20H25F2NO2/c1-3-23(4-2)13-19(24)14-25-20(15-5-9-17(21)10-6-15)16-7-11-18(22)12-8-16/h5-12,19-20,24H,3-4,13-14H2,1-2H3/t19-/m1/s1. The highest BCUT2D eigenvalue weighted by Gasteiger charge is 2.18. The Labute approximate surface area is 147 Å². The van der Waals surface area contributed by atoms with Crippen LogP contribution in [0.15, 0.2) is 48.5 Å². The van der Waals surface area contributed by atoms with E-state index in [1.54, 1.807) is 24.3 Å². The number of rotatable bonds is 9. The van der Waals surface area contributed by atoms with Gasteiger partial charge in [0.15, 0.2) is 0 Å². The Morgan fingerprint density at radius 1 is 0.880 bits per heavy atom. The summed E-state index contributed by atoms with van der Waals surface area (Å²) in [6.07, 6.45) is -1.13. The molecule has 2 aromatic rings. The summed E-state index contributed by atoms with van der Waals surface area (Å²) < 4.78 is 32.3. The zero-order valence-electron chi connectivity index (χ0n) is 14.7. The second kappa shape index (κ2) is 9.61. The normalized spacial score (nSPS) is 12.8. The van der Waals surface area contributed by atoms with Gasteiger partial charge in [-0.25, -0.2) is 8.78 Å². The lowest BCUT2D eigenvalue weighted by Gasteiger charge is -2.24. The van der Waals surface area contributed by atoms with Crippen LogP contribution in [0.3, 0.4) is 0 Å². The third-order valence-electron chi connectivity index (χ3n) is 4.16. The highest BCUT2D eigenvalue weighted by Crippen LogP contribution is 2.26. The summed E-state index contributed by atoms with van der Waals surface area (Å²) in [7, 11) is 0. The molecule has 1 atom stereocenters. The van der Waals surface area contributed by atoms with Gasteiger partial charge in [0.2, 0.25) is 0 Å². The Hall–Kier alpha value is -1.82. The highest BCUT2D eigenvalue weighted by atomic mass is 19.1. The van der Waals surface area contributed by atoms with Crippen LogP contribution in [0.2, 0.25) is 0 Å². The van der Waals surface area contributed by atoms with Gasteiger partial charge in [0.25, 0.3) is 0 Å². The van der Waals surface area contributed by atoms with Gasteiger partial charge in [0, 0.05) is 6.54 Å². The molecule has 0 aliphatic rings. The molecule has 0 fully saturated rings. The molecule has 0 heterocycles. The number of hydrogen-bond acceptors (Lipinski definition) is 3. The first-order valence-corrected chi connectivity index (χ1v) is 8.56. The van der Waals surface area contributed by atoms with Crippen molar-refractivity contribution < 1.29 is 18.6 Å². The lowest BCUT2D eigenvalue weighted by molar-refractivity contribution is -0.00724. The van der Waals surface area contributed by atoms with Crippen LogP contribution in [0.1, 0.15) is 31.1 Å². The third-order valence-corrected chi connectivity index (χ3v) is 4.16. The maximum Gasteiger partial charge on any atom is 0.123 e. The summed E-state index contributed by atoms with van der Waals surface area (Å²) >= 11 is 0. The maximum atomic E-state index is 13.2. The molecular formula is C20H25F2NO2. The molecule has 0 saturated heterocycles. The molecule has 0 spiro atoms. The molecule has 2 rings (SSSR count). The first-order valence-electron chi connectivity index (χ1n) is 8.56. The SMILES string of the molecule is CCN(CC)C[C@@H](O)COC(c1ccc(F)cc1)c1ccc(F)cc1. The smallest absolute Gasteiger partial charge is 0.123 e. The summed E-state index contributed by atoms with van der Waals surface area (Å²) in [5.41, 5.74) is 1.51. The molecule has 3 nitrogen and oxygen atoms in total. The second-order valence-corrected chi connectivity index (χ2v) is 5.96. The van der Waals surface area contributed by atoms with Crippen molar-refractivity contribution in [2.45, 2.75) is 26.1 Å². The quantitative estimate of drug-likeness (QED) is 0.748. The lowest BCUT2D eigenvalue weighted by atomic mass is 10.0. The number of aliphatic hydroxyl groups is 1. The Morgan fingerprint density at radius 3 is 1.72 bits per heavy atom. The number of ether oxygens (including phenoxy) is 1. The number of aliphatic hydroxyl groups excluding tert-OH is 1. The average molecular weight is 349 g/mol. The van der Waals surface area contributed by atoms with Crippen molar-refractivity contribution in [1.82, 2.24) is 4.90 Å². The summed E-state index contributed by atoms with van der Waals surface area (Å²) in [5, 5.41) is 10.2. The largest absolute Gasteiger partial charge is 0.389 e. The molecule has 1 N–H and O–H groups in total. The van der Waals surface area contributed by atoms with Crippen LogP contribution in [0.4, 0.5) is 8.78 Å². The van der Waals surface area contributed by atoms with Crippen LogP contribution in [0.5, 0.6) is 0 Å². The van der Waals surface area contributed by atoms with Crippen LogP contribution in [-0.4, -0.2) is 42.4 Å². The number of nitrogens with zero attached hydrogens (tertiary/aromatic N) is 1. The van der Waals surface area contributed by atoms with Gasteiger partial charge in [-0.2, -0.15) is 0 Å². The molecule has 2 aromatic carbocycles. The second-order valence-electron chi connectivity index (χ2n) is 5.96. The maximum absolute atomic E-state index is 13.2. The fourth-order valence-corrected chi connectivity index (χ4v) is 2.70. The van der Waals surface area contributed by atoms with Crippen molar-refractivity contribution in [2.24, 2.45) is 0 Å². The van der Waals surface area contributed by atoms with E-state index in [-0.39, 0.29) is 18.2 Å². The molecule has 25 heavy (non-hydrogen) atoms. The minimum atomic E-state index is -0.636. The molecule has 0 aliphatic heterocycles. The fourth-order valence-electron chi connectivity index (χ4n) is 2.70. The Kier molecular flexibility index (Phi) is 7.50. The van der Waals surface area contributed by atoms with Crippen LogP contribution < -0.4 is 0 Å². The zero-order valence-corrected chi connectivity index (χ0v) is 14.7. The topological polar surface area (TPSA) is 32.7 Å². The molecule has 0 aliphatic carbocycles. The molecule has 0 bridgehead atoms. The third kappa shape index (κ3) is 5.88. The van der Waals surface area contributed by atoms with E-state index in [4.69, 9.17) is 4.74 Å². The summed E-state index contributed by atoms with van der Waals surface area (Å²) in [4.78, 5) is 2.11. The predicted octanol–water partition coefficient (Wildman–Crippen LogP) is 3.77. The molecular weight excluding hydrogens is 324 g/mol. The van der Waals surface area contributed by atoms with Crippen LogP contribution in [-0.2, 0) is 4.74 Å². The van der Waals surface area contributed by atoms with Crippen molar-refractivity contribution in [3.05, 3.63) is 71.3 Å². The lowest BCUT2D eigenvalue weighted by Crippen LogP contribution is -2.35. The van der Waals surface area contributed by atoms with Gasteiger partial charge in [-0.1, -0.05) is 38.1 Å². The molecule has 0 amide bonds. The predicted molar refractivity (Wildman–Crippen MR) is 94.4 cm³/mol. The van der Waals surface area contributed by atoms with Gasteiger partial charge in [-0.3, -0.25) is 0 Å². The highest BCUT2D eigenvalue weighted by molar-refractivity contribution is 5.30. The van der Waals surface area contributed by atoms with Gasteiger partial charge in [0.1, 0.15) is 17.7 Å². The van der Waals surface area contributed by atoms with Crippen LogP contribution >= 0.6 is 0 Å². The van der Waals surface area contributed by atoms with Crippen molar-refractivity contribution in [3.8, 4) is 0 Å². The monoisotopic (exact) mass is 349 g/mol. The minimum absolute atomic E-state index is 0.135. The van der Waals surface area contributed by atoms with E-state index in [1.807, 2.05) is 13.8 Å². The number of halogens is 2. The van der Waals surface area contributed by atoms with Gasteiger partial charge in [-0.05, 0) is 48.5 Å². The Bertz CT molecular complexity index is 582. The van der Waals surface area contributed by atoms with E-state index >= 15 is 0 Å². The number of likely N-dealkylation sites (N-methyl/N-ethyl adjacent to an activating group) is 1. The van der Waals surface area contributed by atoms with Crippen LogP contribution in [0.25, 0.3) is 0 Å². The molecule has 0 aromatic heterocycles. The molecule has 136 valence electrons. The van der Waals surface area contributed by atoms with E-state index in [0.717, 1.165) is 24.2 Å². The van der Waals surface area contributed by atoms with Crippen molar-refractivity contribution in [3.63, 3.8) is 0 Å². The fraction of sp³-hybridized carbons (Fsp3) is 0.400. The number of benzene rings is 2. The van der Waals surface area contributed by atoms with Crippen molar-refractivity contribution in [2.75, 3.05) is 26.2 Å². The molecule has 5 heteroatoms. The molecule has 0 unspecified atom stereocenters. The van der Waals surface area contributed by atoms with Crippen LogP contribution in [0, 0.1) is 11.6 Å². The van der Waals surface area contributed by atoms with E-state index in [0.29, 0.717) is 6.54 Å². The van der Waals surface area contributed by atoms with E-state index in [9.17, 15) is 13.9 Å². The van der Waals surface area contributed by atoms with Crippen molar-refractivity contribution in [1.29, 1.82) is 0 Å². The van der Waals surface area contributed by atoms with Gasteiger partial charge < -0.3 is 14.7 Å².